The highest BCUT2D eigenvalue weighted by Gasteiger charge is 2.33. The van der Waals surface area contributed by atoms with Gasteiger partial charge >= 0.3 is 0 Å². The maximum atomic E-state index is 6.53. The molecule has 0 aliphatic carbocycles. The normalized spacial score (nSPS) is 22.0. The standard InChI is InChI=1S/C21H27N7O/c1-15(2)21(22)26-19(16-6-4-3-5-7-16)25-20(27-21)24-17-8-9-23-18(14-17)28-10-12-29-13-11-28/h3-9,14-15H,10-13,22H2,1-2H3,(H2,23,24,25,26,27). The number of pyridine rings is 1. The van der Waals surface area contributed by atoms with E-state index >= 15 is 0 Å². The van der Waals surface area contributed by atoms with E-state index in [0.29, 0.717) is 25.0 Å². The Labute approximate surface area is 170 Å². The van der Waals surface area contributed by atoms with Crippen LogP contribution in [0.5, 0.6) is 0 Å². The van der Waals surface area contributed by atoms with Crippen molar-refractivity contribution >= 4 is 23.3 Å². The van der Waals surface area contributed by atoms with Gasteiger partial charge in [0, 0.05) is 42.5 Å². The van der Waals surface area contributed by atoms with E-state index in [2.05, 4.69) is 30.5 Å². The van der Waals surface area contributed by atoms with Gasteiger partial charge in [-0.3, -0.25) is 5.73 Å². The number of rotatable bonds is 4. The molecule has 1 aromatic heterocycles. The molecule has 1 aromatic carbocycles. The molecule has 1 saturated heterocycles. The van der Waals surface area contributed by atoms with Gasteiger partial charge in [-0.1, -0.05) is 44.2 Å². The first kappa shape index (κ1) is 19.4. The number of aliphatic imine (C=N–C) groups is 2. The van der Waals surface area contributed by atoms with Crippen molar-refractivity contribution in [1.29, 1.82) is 0 Å². The highest BCUT2D eigenvalue weighted by Crippen LogP contribution is 2.23. The predicted octanol–water partition coefficient (Wildman–Crippen LogP) is 2.00. The van der Waals surface area contributed by atoms with Crippen LogP contribution >= 0.6 is 0 Å². The van der Waals surface area contributed by atoms with Crippen LogP contribution in [-0.4, -0.2) is 48.9 Å². The van der Waals surface area contributed by atoms with Crippen LogP contribution in [0.15, 0.2) is 58.6 Å². The zero-order valence-electron chi connectivity index (χ0n) is 16.8. The number of nitrogens with one attached hydrogen (secondary N) is 2. The number of hydrogen-bond acceptors (Lipinski definition) is 8. The van der Waals surface area contributed by atoms with Gasteiger partial charge in [0.1, 0.15) is 11.7 Å². The third-order valence-electron chi connectivity index (χ3n) is 5.06. The van der Waals surface area contributed by atoms with Gasteiger partial charge in [-0.15, -0.1) is 0 Å². The molecule has 0 radical (unpaired) electrons. The number of nitrogens with zero attached hydrogens (tertiary/aromatic N) is 4. The second-order valence-corrected chi connectivity index (χ2v) is 7.48. The first-order chi connectivity index (χ1) is 14.0. The molecule has 4 rings (SSSR count). The van der Waals surface area contributed by atoms with Gasteiger partial charge in [-0.05, 0) is 6.07 Å². The van der Waals surface area contributed by atoms with Crippen LogP contribution in [0.25, 0.3) is 0 Å². The maximum absolute atomic E-state index is 6.53. The largest absolute Gasteiger partial charge is 0.378 e. The molecule has 2 aliphatic rings. The lowest BCUT2D eigenvalue weighted by molar-refractivity contribution is 0.122. The summed E-state index contributed by atoms with van der Waals surface area (Å²) in [5, 5.41) is 6.63. The molecule has 0 spiro atoms. The Hall–Kier alpha value is -2.97. The third kappa shape index (κ3) is 4.38. The molecule has 1 fully saturated rings. The van der Waals surface area contributed by atoms with Crippen molar-refractivity contribution in [3.8, 4) is 0 Å². The summed E-state index contributed by atoms with van der Waals surface area (Å²) in [7, 11) is 0. The molecule has 0 saturated carbocycles. The van der Waals surface area contributed by atoms with Crippen molar-refractivity contribution in [2.24, 2.45) is 21.6 Å². The van der Waals surface area contributed by atoms with Crippen LogP contribution in [0.3, 0.4) is 0 Å². The Morgan fingerprint density at radius 2 is 1.90 bits per heavy atom. The summed E-state index contributed by atoms with van der Waals surface area (Å²) in [4.78, 5) is 16.1. The smallest absolute Gasteiger partial charge is 0.210 e. The minimum absolute atomic E-state index is 0.0291. The van der Waals surface area contributed by atoms with Crippen molar-refractivity contribution in [1.82, 2.24) is 10.3 Å². The van der Waals surface area contributed by atoms with E-state index in [1.165, 1.54) is 0 Å². The average Bonchev–Trinajstić information content (AvgIpc) is 2.75. The molecule has 3 heterocycles. The van der Waals surface area contributed by atoms with Crippen molar-refractivity contribution in [2.75, 3.05) is 36.5 Å². The minimum atomic E-state index is -1.04. The molecule has 2 aliphatic heterocycles. The molecule has 1 unspecified atom stereocenters. The zero-order chi connectivity index (χ0) is 20.3. The van der Waals surface area contributed by atoms with Gasteiger partial charge in [-0.25, -0.2) is 15.0 Å². The lowest BCUT2D eigenvalue weighted by Crippen LogP contribution is -2.52. The van der Waals surface area contributed by atoms with Crippen LogP contribution in [-0.2, 0) is 4.74 Å². The SMILES string of the molecule is CC(C)C1(N)N=C(Nc2ccnc(N3CCOCC3)c2)NC(c2ccccc2)=N1. The minimum Gasteiger partial charge on any atom is -0.378 e. The molecular formula is C21H27N7O. The summed E-state index contributed by atoms with van der Waals surface area (Å²) in [6.45, 7) is 7.13. The summed E-state index contributed by atoms with van der Waals surface area (Å²) in [6, 6.07) is 13.8. The second kappa shape index (κ2) is 8.18. The Morgan fingerprint density at radius 3 is 2.62 bits per heavy atom. The highest BCUT2D eigenvalue weighted by molar-refractivity contribution is 6.13. The predicted molar refractivity (Wildman–Crippen MR) is 116 cm³/mol. The monoisotopic (exact) mass is 393 g/mol. The van der Waals surface area contributed by atoms with Gasteiger partial charge in [0.25, 0.3) is 0 Å². The number of morpholine rings is 1. The van der Waals surface area contributed by atoms with Gasteiger partial charge in [0.2, 0.25) is 11.7 Å². The number of benzene rings is 1. The van der Waals surface area contributed by atoms with E-state index in [-0.39, 0.29) is 5.92 Å². The Balaban J connectivity index is 1.58. The van der Waals surface area contributed by atoms with Crippen molar-refractivity contribution in [3.63, 3.8) is 0 Å². The first-order valence-electron chi connectivity index (χ1n) is 9.90. The van der Waals surface area contributed by atoms with Crippen LogP contribution in [0.4, 0.5) is 11.5 Å². The average molecular weight is 393 g/mol. The molecule has 4 N–H and O–H groups in total. The van der Waals surface area contributed by atoms with Gasteiger partial charge < -0.3 is 20.3 Å². The number of nitrogens with two attached hydrogens (primary N) is 1. The van der Waals surface area contributed by atoms with Gasteiger partial charge in [-0.2, -0.15) is 0 Å². The van der Waals surface area contributed by atoms with Crippen LogP contribution < -0.4 is 21.3 Å². The molecule has 29 heavy (non-hydrogen) atoms. The zero-order valence-corrected chi connectivity index (χ0v) is 16.8. The molecule has 2 aromatic rings. The topological polar surface area (TPSA) is 100 Å². The number of hydrogen-bond donors (Lipinski definition) is 3. The summed E-state index contributed by atoms with van der Waals surface area (Å²) < 4.78 is 5.43. The third-order valence-corrected chi connectivity index (χ3v) is 5.06. The quantitative estimate of drug-likeness (QED) is 0.735. The second-order valence-electron chi connectivity index (χ2n) is 7.48. The summed E-state index contributed by atoms with van der Waals surface area (Å²) in [5.74, 6) is 1.16. The van der Waals surface area contributed by atoms with Crippen molar-refractivity contribution in [2.45, 2.75) is 19.6 Å². The Bertz CT molecular complexity index is 906. The first-order valence-corrected chi connectivity index (χ1v) is 9.90. The lowest BCUT2D eigenvalue weighted by Gasteiger charge is -2.32. The number of amidine groups is 1. The fourth-order valence-corrected chi connectivity index (χ4v) is 3.20. The summed E-state index contributed by atoms with van der Waals surface area (Å²) >= 11 is 0. The molecule has 8 heteroatoms. The molecule has 0 bridgehead atoms. The molecule has 152 valence electrons. The highest BCUT2D eigenvalue weighted by atomic mass is 16.5. The van der Waals surface area contributed by atoms with E-state index in [0.717, 1.165) is 30.2 Å². The molecule has 1 atom stereocenters. The van der Waals surface area contributed by atoms with E-state index in [9.17, 15) is 0 Å². The summed E-state index contributed by atoms with van der Waals surface area (Å²) in [5.41, 5.74) is 8.37. The Morgan fingerprint density at radius 1 is 1.14 bits per heavy atom. The number of aromatic nitrogens is 1. The van der Waals surface area contributed by atoms with E-state index < -0.39 is 5.79 Å². The van der Waals surface area contributed by atoms with Gasteiger partial charge in [0.05, 0.1) is 13.2 Å². The molecule has 8 nitrogen and oxygen atoms in total. The number of ether oxygens (including phenoxy) is 1. The number of anilines is 2. The van der Waals surface area contributed by atoms with E-state index in [1.807, 2.05) is 56.3 Å². The fraction of sp³-hybridized carbons (Fsp3) is 0.381. The number of guanidine groups is 1. The molecular weight excluding hydrogens is 366 g/mol. The van der Waals surface area contributed by atoms with Crippen molar-refractivity contribution in [3.05, 3.63) is 54.2 Å². The molecule has 0 amide bonds. The summed E-state index contributed by atoms with van der Waals surface area (Å²) in [6.07, 6.45) is 1.79. The van der Waals surface area contributed by atoms with Gasteiger partial charge in [0.15, 0.2) is 0 Å². The lowest BCUT2D eigenvalue weighted by atomic mass is 10.1. The van der Waals surface area contributed by atoms with Crippen LogP contribution in [0, 0.1) is 5.92 Å². The van der Waals surface area contributed by atoms with E-state index in [1.54, 1.807) is 6.20 Å². The van der Waals surface area contributed by atoms with Crippen LogP contribution in [0.1, 0.15) is 19.4 Å². The fourth-order valence-electron chi connectivity index (χ4n) is 3.20. The Kier molecular flexibility index (Phi) is 5.46. The maximum Gasteiger partial charge on any atom is 0.210 e. The van der Waals surface area contributed by atoms with Crippen LogP contribution in [0.2, 0.25) is 0 Å². The van der Waals surface area contributed by atoms with Crippen molar-refractivity contribution < 1.29 is 4.74 Å². The van der Waals surface area contributed by atoms with E-state index in [4.69, 9.17) is 10.5 Å².